The molecule has 2 unspecified atom stereocenters. The first-order valence-electron chi connectivity index (χ1n) is 6.43. The number of halogens is 9. The fraction of sp³-hybridized carbons (Fsp3) is 0.692. The molecule has 0 aromatic carbocycles. The van der Waals surface area contributed by atoms with Gasteiger partial charge in [0.15, 0.2) is 5.60 Å². The molecule has 1 nitrogen and oxygen atoms in total. The van der Waals surface area contributed by atoms with Crippen LogP contribution < -0.4 is 0 Å². The van der Waals surface area contributed by atoms with Crippen LogP contribution in [0.25, 0.3) is 0 Å². The molecule has 1 N–H and O–H groups in total. The Kier molecular flexibility index (Phi) is 5.20. The summed E-state index contributed by atoms with van der Waals surface area (Å²) in [5.74, 6) is -9.52. The van der Waals surface area contributed by atoms with Gasteiger partial charge in [-0.15, -0.1) is 0 Å². The molecule has 0 aromatic heterocycles. The Labute approximate surface area is 125 Å². The molecule has 0 radical (unpaired) electrons. The van der Waals surface area contributed by atoms with Gasteiger partial charge in [-0.05, 0) is 26.2 Å². The minimum absolute atomic E-state index is 0.0564. The van der Waals surface area contributed by atoms with E-state index in [1.54, 1.807) is 0 Å². The Hall–Kier alpha value is -1.19. The molecule has 0 aliphatic heterocycles. The maximum absolute atomic E-state index is 14.7. The van der Waals surface area contributed by atoms with Crippen molar-refractivity contribution in [1.82, 2.24) is 0 Å². The van der Waals surface area contributed by atoms with E-state index < -0.39 is 41.7 Å². The van der Waals surface area contributed by atoms with E-state index in [1.807, 2.05) is 0 Å². The lowest BCUT2D eigenvalue weighted by Crippen LogP contribution is -2.67. The SMILES string of the molecule is CC(O)(C(F)(F)F)C(F)(CC1=CCCC1)C(F)(F)C(F)=C(F)F. The number of hydrogen-bond donors (Lipinski definition) is 1. The molecule has 10 heteroatoms. The average molecular weight is 356 g/mol. The van der Waals surface area contributed by atoms with Gasteiger partial charge in [-0.1, -0.05) is 11.6 Å². The van der Waals surface area contributed by atoms with Gasteiger partial charge in [0.1, 0.15) is 0 Å². The maximum Gasteiger partial charge on any atom is 0.420 e. The van der Waals surface area contributed by atoms with E-state index in [9.17, 15) is 44.6 Å². The van der Waals surface area contributed by atoms with Crippen LogP contribution in [0.2, 0.25) is 0 Å². The van der Waals surface area contributed by atoms with Gasteiger partial charge >= 0.3 is 18.2 Å². The monoisotopic (exact) mass is 356 g/mol. The summed E-state index contributed by atoms with van der Waals surface area (Å²) in [5.41, 5.74) is -10.0. The summed E-state index contributed by atoms with van der Waals surface area (Å²) in [6.45, 7) is -0.333. The topological polar surface area (TPSA) is 20.2 Å². The summed E-state index contributed by atoms with van der Waals surface area (Å²) in [7, 11) is 0. The summed E-state index contributed by atoms with van der Waals surface area (Å²) in [4.78, 5) is 0. The molecule has 0 aromatic rings. The van der Waals surface area contributed by atoms with Crippen LogP contribution in [0.1, 0.15) is 32.6 Å². The van der Waals surface area contributed by atoms with Crippen molar-refractivity contribution in [3.05, 3.63) is 23.6 Å². The molecular formula is C13H13F9O. The molecule has 1 aliphatic carbocycles. The van der Waals surface area contributed by atoms with Crippen LogP contribution in [0.3, 0.4) is 0 Å². The van der Waals surface area contributed by atoms with Crippen molar-refractivity contribution < 1.29 is 44.6 Å². The highest BCUT2D eigenvalue weighted by Crippen LogP contribution is 2.55. The largest absolute Gasteiger partial charge is 0.420 e. The molecule has 0 spiro atoms. The van der Waals surface area contributed by atoms with Crippen LogP contribution in [0.4, 0.5) is 39.5 Å². The van der Waals surface area contributed by atoms with Crippen LogP contribution >= 0.6 is 0 Å². The van der Waals surface area contributed by atoms with Gasteiger partial charge in [0.2, 0.25) is 11.5 Å². The van der Waals surface area contributed by atoms with Crippen LogP contribution in [-0.4, -0.2) is 28.5 Å². The molecule has 0 bridgehead atoms. The van der Waals surface area contributed by atoms with Crippen molar-refractivity contribution in [2.45, 2.75) is 56.0 Å². The maximum atomic E-state index is 14.7. The number of allylic oxidation sites excluding steroid dienone is 3. The third-order valence-corrected chi connectivity index (χ3v) is 3.87. The summed E-state index contributed by atoms with van der Waals surface area (Å²) >= 11 is 0. The Balaban J connectivity index is 3.51. The Morgan fingerprint density at radius 1 is 1.09 bits per heavy atom. The average Bonchev–Trinajstić information content (AvgIpc) is 2.88. The smallest absolute Gasteiger partial charge is 0.378 e. The number of alkyl halides is 6. The first kappa shape index (κ1) is 19.9. The lowest BCUT2D eigenvalue weighted by atomic mass is 9.75. The molecule has 134 valence electrons. The Morgan fingerprint density at radius 2 is 1.61 bits per heavy atom. The van der Waals surface area contributed by atoms with E-state index in [4.69, 9.17) is 0 Å². The van der Waals surface area contributed by atoms with Gasteiger partial charge in [-0.25, -0.2) is 4.39 Å². The zero-order valence-corrected chi connectivity index (χ0v) is 11.8. The summed E-state index contributed by atoms with van der Waals surface area (Å²) in [5, 5.41) is 9.36. The van der Waals surface area contributed by atoms with Gasteiger partial charge in [0.05, 0.1) is 0 Å². The molecule has 0 saturated heterocycles. The molecule has 2 atom stereocenters. The molecule has 23 heavy (non-hydrogen) atoms. The molecule has 0 saturated carbocycles. The molecule has 0 fully saturated rings. The number of rotatable bonds is 5. The van der Waals surface area contributed by atoms with Crippen molar-refractivity contribution in [2.75, 3.05) is 0 Å². The van der Waals surface area contributed by atoms with E-state index in [0.29, 0.717) is 6.42 Å². The summed E-state index contributed by atoms with van der Waals surface area (Å²) in [6, 6.07) is 0. The Bertz CT molecular complexity index is 514. The van der Waals surface area contributed by atoms with Crippen LogP contribution in [0.15, 0.2) is 23.6 Å². The molecular weight excluding hydrogens is 343 g/mol. The van der Waals surface area contributed by atoms with E-state index in [0.717, 1.165) is 6.08 Å². The van der Waals surface area contributed by atoms with E-state index in [2.05, 4.69) is 0 Å². The summed E-state index contributed by atoms with van der Waals surface area (Å²) < 4.78 is 118. The zero-order chi connectivity index (χ0) is 18.3. The van der Waals surface area contributed by atoms with Gasteiger partial charge in [0, 0.05) is 6.42 Å². The fourth-order valence-electron chi connectivity index (χ4n) is 2.32. The second kappa shape index (κ2) is 6.03. The zero-order valence-electron chi connectivity index (χ0n) is 11.8. The quantitative estimate of drug-likeness (QED) is 0.529. The van der Waals surface area contributed by atoms with Gasteiger partial charge in [-0.3, -0.25) is 0 Å². The highest BCUT2D eigenvalue weighted by atomic mass is 19.4. The number of aliphatic hydroxyl groups is 1. The predicted molar refractivity (Wildman–Crippen MR) is 62.4 cm³/mol. The van der Waals surface area contributed by atoms with Crippen LogP contribution in [0, 0.1) is 0 Å². The third-order valence-electron chi connectivity index (χ3n) is 3.87. The lowest BCUT2D eigenvalue weighted by Gasteiger charge is -2.43. The first-order chi connectivity index (χ1) is 10.2. The Morgan fingerprint density at radius 3 is 1.96 bits per heavy atom. The molecule has 1 rings (SSSR count). The van der Waals surface area contributed by atoms with E-state index >= 15 is 0 Å². The van der Waals surface area contributed by atoms with Crippen molar-refractivity contribution in [3.63, 3.8) is 0 Å². The standard InChI is InChI=1S/C13H13F9O/c1-10(23,13(20,21)22)11(17,6-7-4-2-3-5-7)12(18,19)8(14)9(15)16/h4,23H,2-3,5-6H2,1H3. The predicted octanol–water partition coefficient (Wildman–Crippen LogP) is 5.22. The lowest BCUT2D eigenvalue weighted by molar-refractivity contribution is -0.329. The second-order valence-electron chi connectivity index (χ2n) is 5.45. The highest BCUT2D eigenvalue weighted by Gasteiger charge is 2.76. The third kappa shape index (κ3) is 3.22. The van der Waals surface area contributed by atoms with Crippen molar-refractivity contribution in [3.8, 4) is 0 Å². The first-order valence-corrected chi connectivity index (χ1v) is 6.43. The number of hydrogen-bond acceptors (Lipinski definition) is 1. The normalized spacial score (nSPS) is 21.4. The minimum Gasteiger partial charge on any atom is -0.378 e. The van der Waals surface area contributed by atoms with E-state index in [1.165, 1.54) is 0 Å². The van der Waals surface area contributed by atoms with Gasteiger partial charge in [-0.2, -0.15) is 35.1 Å². The molecule has 1 aliphatic rings. The van der Waals surface area contributed by atoms with Crippen LogP contribution in [0.5, 0.6) is 0 Å². The molecule has 0 amide bonds. The highest BCUT2D eigenvalue weighted by molar-refractivity contribution is 5.26. The van der Waals surface area contributed by atoms with Crippen molar-refractivity contribution in [1.29, 1.82) is 0 Å². The molecule has 0 heterocycles. The van der Waals surface area contributed by atoms with Crippen molar-refractivity contribution >= 4 is 0 Å². The van der Waals surface area contributed by atoms with E-state index in [-0.39, 0.29) is 25.3 Å². The second-order valence-corrected chi connectivity index (χ2v) is 5.45. The minimum atomic E-state index is -5.95. The fourth-order valence-corrected chi connectivity index (χ4v) is 2.32. The summed E-state index contributed by atoms with van der Waals surface area (Å²) in [6.07, 6.45) is -9.63. The van der Waals surface area contributed by atoms with Gasteiger partial charge < -0.3 is 5.11 Å². The van der Waals surface area contributed by atoms with Crippen molar-refractivity contribution in [2.24, 2.45) is 0 Å². The van der Waals surface area contributed by atoms with Crippen LogP contribution in [-0.2, 0) is 0 Å². The van der Waals surface area contributed by atoms with Gasteiger partial charge in [0.25, 0.3) is 0 Å².